The van der Waals surface area contributed by atoms with Gasteiger partial charge in [-0.1, -0.05) is 68.1 Å². The van der Waals surface area contributed by atoms with Crippen LogP contribution in [0.25, 0.3) is 11.6 Å². The van der Waals surface area contributed by atoms with E-state index in [1.54, 1.807) is 49.6 Å². The number of halogens is 1. The second-order valence-electron chi connectivity index (χ2n) is 6.17. The number of unbranched alkanes of at least 4 members (excludes halogenated alkanes) is 3. The first-order valence-corrected chi connectivity index (χ1v) is 9.45. The molecule has 0 unspecified atom stereocenters. The van der Waals surface area contributed by atoms with Crippen molar-refractivity contribution >= 4 is 29.2 Å². The van der Waals surface area contributed by atoms with Gasteiger partial charge in [0.1, 0.15) is 0 Å². The molecule has 0 saturated heterocycles. The number of hydrogen-bond acceptors (Lipinski definition) is 3. The monoisotopic (exact) mass is 388 g/mol. The van der Waals surface area contributed by atoms with Crippen molar-refractivity contribution in [3.63, 3.8) is 0 Å². The summed E-state index contributed by atoms with van der Waals surface area (Å²) in [5, 5.41) is 9.97. The second kappa shape index (κ2) is 10.6. The molecule has 4 nitrogen and oxygen atoms in total. The van der Waals surface area contributed by atoms with Gasteiger partial charge in [-0.3, -0.25) is 0 Å². The lowest BCUT2D eigenvalue weighted by Crippen LogP contribution is -2.01. The molecule has 0 heterocycles. The molecule has 0 spiro atoms. The van der Waals surface area contributed by atoms with E-state index in [4.69, 9.17) is 21.1 Å². The van der Waals surface area contributed by atoms with Gasteiger partial charge in [-0.05, 0) is 35.8 Å². The van der Waals surface area contributed by atoms with Gasteiger partial charge in [-0.25, -0.2) is 4.79 Å². The molecule has 2 aromatic rings. The zero-order valence-electron chi connectivity index (χ0n) is 15.7. The highest BCUT2D eigenvalue weighted by Gasteiger charge is 2.14. The lowest BCUT2D eigenvalue weighted by molar-refractivity contribution is -0.130. The smallest absolute Gasteiger partial charge is 0.336 e. The summed E-state index contributed by atoms with van der Waals surface area (Å²) in [6, 6.07) is 12.4. The largest absolute Gasteiger partial charge is 0.493 e. The van der Waals surface area contributed by atoms with Crippen molar-refractivity contribution in [3.8, 4) is 11.5 Å². The maximum Gasteiger partial charge on any atom is 0.336 e. The summed E-state index contributed by atoms with van der Waals surface area (Å²) in [6.07, 6.45) is 5.98. The van der Waals surface area contributed by atoms with Gasteiger partial charge in [-0.2, -0.15) is 0 Å². The molecule has 2 rings (SSSR count). The van der Waals surface area contributed by atoms with E-state index in [1.165, 1.54) is 12.8 Å². The SMILES string of the molecule is CCCCCCOc1c(Cl)cc(/C=C(\C(=O)O)c2ccccc2)cc1OC. The molecule has 0 radical (unpaired) electrons. The van der Waals surface area contributed by atoms with Crippen LogP contribution in [0.1, 0.15) is 43.7 Å². The molecule has 0 bridgehead atoms. The third kappa shape index (κ3) is 6.04. The number of rotatable bonds is 10. The molecule has 0 atom stereocenters. The van der Waals surface area contributed by atoms with Gasteiger partial charge >= 0.3 is 5.97 Å². The number of benzene rings is 2. The lowest BCUT2D eigenvalue weighted by atomic mass is 10.0. The van der Waals surface area contributed by atoms with E-state index >= 15 is 0 Å². The van der Waals surface area contributed by atoms with Crippen LogP contribution in [-0.2, 0) is 4.79 Å². The predicted molar refractivity (Wildman–Crippen MR) is 110 cm³/mol. The van der Waals surface area contributed by atoms with Gasteiger partial charge in [0.05, 0.1) is 24.3 Å². The van der Waals surface area contributed by atoms with Crippen LogP contribution in [-0.4, -0.2) is 24.8 Å². The van der Waals surface area contributed by atoms with Crippen LogP contribution in [0.15, 0.2) is 42.5 Å². The average molecular weight is 389 g/mol. The molecule has 0 aliphatic heterocycles. The van der Waals surface area contributed by atoms with Crippen molar-refractivity contribution in [1.82, 2.24) is 0 Å². The zero-order valence-corrected chi connectivity index (χ0v) is 16.5. The van der Waals surface area contributed by atoms with Gasteiger partial charge in [0.25, 0.3) is 0 Å². The minimum absolute atomic E-state index is 0.182. The Morgan fingerprint density at radius 3 is 2.52 bits per heavy atom. The first-order chi connectivity index (χ1) is 13.1. The van der Waals surface area contributed by atoms with Crippen LogP contribution in [0, 0.1) is 0 Å². The van der Waals surface area contributed by atoms with Crippen molar-refractivity contribution < 1.29 is 19.4 Å². The number of ether oxygens (including phenoxy) is 2. The fourth-order valence-electron chi connectivity index (χ4n) is 2.72. The van der Waals surface area contributed by atoms with E-state index in [0.717, 1.165) is 12.8 Å². The number of carboxylic acids is 1. The highest BCUT2D eigenvalue weighted by molar-refractivity contribution is 6.32. The van der Waals surface area contributed by atoms with Gasteiger partial charge in [0, 0.05) is 0 Å². The Morgan fingerprint density at radius 2 is 1.89 bits per heavy atom. The number of carbonyl (C=O) groups is 1. The van der Waals surface area contributed by atoms with Crippen LogP contribution in [0.4, 0.5) is 0 Å². The summed E-state index contributed by atoms with van der Waals surface area (Å²) >= 11 is 6.38. The molecular formula is C22H25ClO4. The molecular weight excluding hydrogens is 364 g/mol. The molecule has 0 fully saturated rings. The highest BCUT2D eigenvalue weighted by Crippen LogP contribution is 2.37. The average Bonchev–Trinajstić information content (AvgIpc) is 2.67. The van der Waals surface area contributed by atoms with Gasteiger partial charge in [0.2, 0.25) is 0 Å². The fraction of sp³-hybridized carbons (Fsp3) is 0.318. The van der Waals surface area contributed by atoms with Crippen molar-refractivity contribution in [2.45, 2.75) is 32.6 Å². The summed E-state index contributed by atoms with van der Waals surface area (Å²) in [4.78, 5) is 11.7. The van der Waals surface area contributed by atoms with E-state index < -0.39 is 5.97 Å². The third-order valence-corrected chi connectivity index (χ3v) is 4.40. The van der Waals surface area contributed by atoms with Gasteiger partial charge < -0.3 is 14.6 Å². The van der Waals surface area contributed by atoms with Crippen LogP contribution >= 0.6 is 11.6 Å². The lowest BCUT2D eigenvalue weighted by Gasteiger charge is -2.13. The molecule has 5 heteroatoms. The maximum atomic E-state index is 11.7. The minimum Gasteiger partial charge on any atom is -0.493 e. The number of carboxylic acid groups (broad SMARTS) is 1. The topological polar surface area (TPSA) is 55.8 Å². The van der Waals surface area contributed by atoms with E-state index in [1.807, 2.05) is 6.07 Å². The summed E-state index contributed by atoms with van der Waals surface area (Å²) < 4.78 is 11.2. The Hall–Kier alpha value is -2.46. The molecule has 0 saturated carbocycles. The molecule has 2 aromatic carbocycles. The summed E-state index contributed by atoms with van der Waals surface area (Å²) in [7, 11) is 1.54. The van der Waals surface area contributed by atoms with Gasteiger partial charge in [0.15, 0.2) is 11.5 Å². The first-order valence-electron chi connectivity index (χ1n) is 9.07. The Bertz CT molecular complexity index is 784. The first kappa shape index (κ1) is 20.8. The Morgan fingerprint density at radius 1 is 1.15 bits per heavy atom. The van der Waals surface area contributed by atoms with E-state index in [-0.39, 0.29) is 5.57 Å². The van der Waals surface area contributed by atoms with E-state index in [9.17, 15) is 9.90 Å². The van der Waals surface area contributed by atoms with Crippen molar-refractivity contribution in [2.75, 3.05) is 13.7 Å². The van der Waals surface area contributed by atoms with Crippen molar-refractivity contribution in [1.29, 1.82) is 0 Å². The fourth-order valence-corrected chi connectivity index (χ4v) is 2.99. The Labute approximate surface area is 165 Å². The maximum absolute atomic E-state index is 11.7. The summed E-state index contributed by atoms with van der Waals surface area (Å²) in [5.74, 6) is -0.0287. The zero-order chi connectivity index (χ0) is 19.6. The molecule has 0 aliphatic carbocycles. The van der Waals surface area contributed by atoms with Crippen LogP contribution in [0.3, 0.4) is 0 Å². The molecule has 144 valence electrons. The van der Waals surface area contributed by atoms with Crippen molar-refractivity contribution in [3.05, 3.63) is 58.6 Å². The van der Waals surface area contributed by atoms with E-state index in [0.29, 0.717) is 34.3 Å². The summed E-state index contributed by atoms with van der Waals surface area (Å²) in [5.41, 5.74) is 1.44. The predicted octanol–water partition coefficient (Wildman–Crippen LogP) is 5.93. The third-order valence-electron chi connectivity index (χ3n) is 4.12. The van der Waals surface area contributed by atoms with Crippen LogP contribution < -0.4 is 9.47 Å². The van der Waals surface area contributed by atoms with Crippen molar-refractivity contribution in [2.24, 2.45) is 0 Å². The normalized spacial score (nSPS) is 11.3. The van der Waals surface area contributed by atoms with Gasteiger partial charge in [-0.15, -0.1) is 0 Å². The van der Waals surface area contributed by atoms with Crippen LogP contribution in [0.5, 0.6) is 11.5 Å². The Kier molecular flexibility index (Phi) is 8.21. The standard InChI is InChI=1S/C22H25ClO4/c1-3-4-5-9-12-27-21-19(23)14-16(15-20(21)26-2)13-18(22(24)25)17-10-7-6-8-11-17/h6-8,10-11,13-15H,3-5,9,12H2,1-2H3,(H,24,25)/b18-13-. The highest BCUT2D eigenvalue weighted by atomic mass is 35.5. The summed E-state index contributed by atoms with van der Waals surface area (Å²) in [6.45, 7) is 2.73. The minimum atomic E-state index is -1.01. The molecule has 0 amide bonds. The molecule has 1 N–H and O–H groups in total. The number of aliphatic carboxylic acids is 1. The van der Waals surface area contributed by atoms with Crippen LogP contribution in [0.2, 0.25) is 5.02 Å². The number of methoxy groups -OCH3 is 1. The molecule has 0 aromatic heterocycles. The number of hydrogen-bond donors (Lipinski definition) is 1. The molecule has 27 heavy (non-hydrogen) atoms. The van der Waals surface area contributed by atoms with E-state index in [2.05, 4.69) is 6.92 Å². The second-order valence-corrected chi connectivity index (χ2v) is 6.58. The Balaban J connectivity index is 2.27. The quantitative estimate of drug-likeness (QED) is 0.311. The molecule has 0 aliphatic rings.